The molecule has 0 aliphatic carbocycles. The van der Waals surface area contributed by atoms with Crippen molar-refractivity contribution in [3.05, 3.63) is 88.1 Å². The lowest BCUT2D eigenvalue weighted by molar-refractivity contribution is 0.0709. The molecule has 2 N–H and O–H groups in total. The molecular formula is C21H20N2O3S. The molecule has 0 bridgehead atoms. The molecule has 2 aromatic carbocycles. The summed E-state index contributed by atoms with van der Waals surface area (Å²) in [7, 11) is 0. The smallest absolute Gasteiger partial charge is 0.256 e. The van der Waals surface area contributed by atoms with Crippen LogP contribution in [0.15, 0.2) is 71.4 Å². The normalized spacial score (nSPS) is 10.4. The maximum absolute atomic E-state index is 13.1. The molecule has 0 saturated heterocycles. The standard InChI is InChI=1S/C21H20N2O3S/c24-12-11-23(14-16-6-2-1-3-7-16)21(26)18-8-4-5-9-19(18)22-20(25)17-10-13-27-15-17/h1-10,13,15,24H,11-12,14H2,(H,22,25). The highest BCUT2D eigenvalue weighted by atomic mass is 32.1. The van der Waals surface area contributed by atoms with E-state index in [0.29, 0.717) is 23.4 Å². The van der Waals surface area contributed by atoms with Crippen LogP contribution in [0, 0.1) is 0 Å². The first kappa shape index (κ1) is 18.8. The Morgan fingerprint density at radius 2 is 1.74 bits per heavy atom. The molecule has 6 heteroatoms. The van der Waals surface area contributed by atoms with Crippen molar-refractivity contribution in [1.29, 1.82) is 0 Å². The number of amides is 2. The van der Waals surface area contributed by atoms with E-state index in [9.17, 15) is 14.7 Å². The second-order valence-corrected chi connectivity index (χ2v) is 6.73. The minimum absolute atomic E-state index is 0.137. The predicted molar refractivity (Wildman–Crippen MR) is 107 cm³/mol. The number of hydrogen-bond acceptors (Lipinski definition) is 4. The lowest BCUT2D eigenvalue weighted by Crippen LogP contribution is -2.33. The van der Waals surface area contributed by atoms with Gasteiger partial charge >= 0.3 is 0 Å². The Hall–Kier alpha value is -2.96. The minimum atomic E-state index is -0.256. The lowest BCUT2D eigenvalue weighted by Gasteiger charge is -2.23. The van der Waals surface area contributed by atoms with Crippen molar-refractivity contribution in [2.24, 2.45) is 0 Å². The van der Waals surface area contributed by atoms with Crippen molar-refractivity contribution in [3.63, 3.8) is 0 Å². The fourth-order valence-electron chi connectivity index (χ4n) is 2.71. The van der Waals surface area contributed by atoms with Crippen LogP contribution in [0.4, 0.5) is 5.69 Å². The van der Waals surface area contributed by atoms with Gasteiger partial charge in [-0.1, -0.05) is 42.5 Å². The Morgan fingerprint density at radius 1 is 1.00 bits per heavy atom. The summed E-state index contributed by atoms with van der Waals surface area (Å²) in [6, 6.07) is 18.2. The Labute approximate surface area is 161 Å². The molecule has 0 fully saturated rings. The van der Waals surface area contributed by atoms with Crippen molar-refractivity contribution >= 4 is 28.8 Å². The minimum Gasteiger partial charge on any atom is -0.395 e. The average molecular weight is 380 g/mol. The highest BCUT2D eigenvalue weighted by molar-refractivity contribution is 7.08. The average Bonchev–Trinajstić information content (AvgIpc) is 3.23. The van der Waals surface area contributed by atoms with E-state index in [1.807, 2.05) is 35.7 Å². The molecule has 0 unspecified atom stereocenters. The molecule has 1 heterocycles. The third kappa shape index (κ3) is 4.81. The number of anilines is 1. The first-order valence-corrected chi connectivity index (χ1v) is 9.50. The molecule has 3 rings (SSSR count). The van der Waals surface area contributed by atoms with Crippen LogP contribution in [0.1, 0.15) is 26.3 Å². The van der Waals surface area contributed by atoms with Gasteiger partial charge in [0.15, 0.2) is 0 Å². The highest BCUT2D eigenvalue weighted by Crippen LogP contribution is 2.20. The number of para-hydroxylation sites is 1. The number of carbonyl (C=O) groups excluding carboxylic acids is 2. The fraction of sp³-hybridized carbons (Fsp3) is 0.143. The number of rotatable bonds is 7. The molecule has 138 valence electrons. The van der Waals surface area contributed by atoms with E-state index >= 15 is 0 Å². The van der Waals surface area contributed by atoms with Crippen molar-refractivity contribution in [2.45, 2.75) is 6.54 Å². The highest BCUT2D eigenvalue weighted by Gasteiger charge is 2.20. The zero-order valence-corrected chi connectivity index (χ0v) is 15.5. The van der Waals surface area contributed by atoms with Crippen molar-refractivity contribution in [1.82, 2.24) is 4.90 Å². The number of carbonyl (C=O) groups is 2. The Bertz CT molecular complexity index is 895. The summed E-state index contributed by atoms with van der Waals surface area (Å²) in [4.78, 5) is 27.0. The maximum Gasteiger partial charge on any atom is 0.256 e. The van der Waals surface area contributed by atoms with Crippen molar-refractivity contribution in [2.75, 3.05) is 18.5 Å². The van der Waals surface area contributed by atoms with Gasteiger partial charge in [0.05, 0.1) is 23.4 Å². The summed E-state index contributed by atoms with van der Waals surface area (Å²) in [5, 5.41) is 15.8. The molecule has 2 amide bonds. The van der Waals surface area contributed by atoms with Gasteiger partial charge in [0.2, 0.25) is 0 Å². The van der Waals surface area contributed by atoms with E-state index in [0.717, 1.165) is 5.56 Å². The van der Waals surface area contributed by atoms with Crippen LogP contribution < -0.4 is 5.32 Å². The van der Waals surface area contributed by atoms with Crippen LogP contribution in [-0.2, 0) is 6.54 Å². The summed E-state index contributed by atoms with van der Waals surface area (Å²) >= 11 is 1.44. The van der Waals surface area contributed by atoms with Gasteiger partial charge in [-0.3, -0.25) is 9.59 Å². The summed E-state index contributed by atoms with van der Waals surface area (Å²) < 4.78 is 0. The van der Waals surface area contributed by atoms with E-state index in [1.54, 1.807) is 40.6 Å². The van der Waals surface area contributed by atoms with Gasteiger partial charge in [0, 0.05) is 18.5 Å². The van der Waals surface area contributed by atoms with Gasteiger partial charge in [-0.15, -0.1) is 0 Å². The number of aliphatic hydroxyl groups excluding tert-OH is 1. The first-order chi connectivity index (χ1) is 13.2. The topological polar surface area (TPSA) is 69.6 Å². The molecule has 27 heavy (non-hydrogen) atoms. The third-order valence-corrected chi connectivity index (χ3v) is 4.75. The second kappa shape index (κ2) is 9.12. The number of benzene rings is 2. The molecule has 0 atom stereocenters. The summed E-state index contributed by atoms with van der Waals surface area (Å²) in [6.07, 6.45) is 0. The number of thiophene rings is 1. The van der Waals surface area contributed by atoms with Crippen LogP contribution in [0.2, 0.25) is 0 Å². The number of nitrogens with one attached hydrogen (secondary N) is 1. The van der Waals surface area contributed by atoms with Crippen molar-refractivity contribution < 1.29 is 14.7 Å². The molecule has 0 saturated carbocycles. The predicted octanol–water partition coefficient (Wildman–Crippen LogP) is 3.64. The molecule has 5 nitrogen and oxygen atoms in total. The number of hydrogen-bond donors (Lipinski definition) is 2. The molecule has 0 aliphatic heterocycles. The van der Waals surface area contributed by atoms with E-state index in [-0.39, 0.29) is 25.0 Å². The van der Waals surface area contributed by atoms with Gasteiger partial charge in [-0.05, 0) is 29.1 Å². The van der Waals surface area contributed by atoms with E-state index < -0.39 is 0 Å². The van der Waals surface area contributed by atoms with Crippen LogP contribution in [0.25, 0.3) is 0 Å². The van der Waals surface area contributed by atoms with Gasteiger partial charge in [-0.2, -0.15) is 11.3 Å². The van der Waals surface area contributed by atoms with Gasteiger partial charge < -0.3 is 15.3 Å². The van der Waals surface area contributed by atoms with Gasteiger partial charge in [0.1, 0.15) is 0 Å². The maximum atomic E-state index is 13.1. The van der Waals surface area contributed by atoms with Crippen LogP contribution >= 0.6 is 11.3 Å². The SMILES string of the molecule is O=C(Nc1ccccc1C(=O)N(CCO)Cc1ccccc1)c1ccsc1. The quantitative estimate of drug-likeness (QED) is 0.658. The van der Waals surface area contributed by atoms with E-state index in [4.69, 9.17) is 0 Å². The molecule has 1 aromatic heterocycles. The molecule has 0 radical (unpaired) electrons. The molecule has 0 spiro atoms. The molecular weight excluding hydrogens is 360 g/mol. The summed E-state index contributed by atoms with van der Waals surface area (Å²) in [6.45, 7) is 0.454. The van der Waals surface area contributed by atoms with E-state index in [2.05, 4.69) is 5.32 Å². The Balaban J connectivity index is 1.83. The Morgan fingerprint density at radius 3 is 2.44 bits per heavy atom. The zero-order chi connectivity index (χ0) is 19.1. The van der Waals surface area contributed by atoms with Gasteiger partial charge in [-0.25, -0.2) is 0 Å². The summed E-state index contributed by atoms with van der Waals surface area (Å²) in [5.41, 5.74) is 2.37. The lowest BCUT2D eigenvalue weighted by atomic mass is 10.1. The van der Waals surface area contributed by atoms with E-state index in [1.165, 1.54) is 11.3 Å². The number of nitrogens with zero attached hydrogens (tertiary/aromatic N) is 1. The van der Waals surface area contributed by atoms with Crippen molar-refractivity contribution in [3.8, 4) is 0 Å². The monoisotopic (exact) mass is 380 g/mol. The Kier molecular flexibility index (Phi) is 6.35. The second-order valence-electron chi connectivity index (χ2n) is 5.95. The first-order valence-electron chi connectivity index (χ1n) is 8.55. The largest absolute Gasteiger partial charge is 0.395 e. The fourth-order valence-corrected chi connectivity index (χ4v) is 3.35. The van der Waals surface area contributed by atoms with Crippen LogP contribution in [0.3, 0.4) is 0 Å². The summed E-state index contributed by atoms with van der Waals surface area (Å²) in [5.74, 6) is -0.498. The number of aliphatic hydroxyl groups is 1. The van der Waals surface area contributed by atoms with Crippen LogP contribution in [0.5, 0.6) is 0 Å². The third-order valence-electron chi connectivity index (χ3n) is 4.06. The van der Waals surface area contributed by atoms with Crippen LogP contribution in [-0.4, -0.2) is 35.0 Å². The zero-order valence-electron chi connectivity index (χ0n) is 14.7. The molecule has 0 aliphatic rings. The van der Waals surface area contributed by atoms with Gasteiger partial charge in [0.25, 0.3) is 11.8 Å². The molecule has 3 aromatic rings.